The molecule has 0 heterocycles. The van der Waals surface area contributed by atoms with E-state index < -0.39 is 33.2 Å². The van der Waals surface area contributed by atoms with Crippen LogP contribution in [0.3, 0.4) is 0 Å². The highest BCUT2D eigenvalue weighted by Crippen LogP contribution is 2.30. The van der Waals surface area contributed by atoms with Gasteiger partial charge in [-0.15, -0.1) is 0 Å². The molecule has 0 saturated heterocycles. The van der Waals surface area contributed by atoms with E-state index in [9.17, 15) is 13.6 Å². The quantitative estimate of drug-likeness (QED) is 0.591. The van der Waals surface area contributed by atoms with Crippen molar-refractivity contribution < 1.29 is 18.7 Å². The van der Waals surface area contributed by atoms with Crippen LogP contribution in [0.25, 0.3) is 0 Å². The van der Waals surface area contributed by atoms with Crippen molar-refractivity contribution in [2.75, 3.05) is 0 Å². The van der Waals surface area contributed by atoms with E-state index in [1.807, 2.05) is 0 Å². The first-order valence-electron chi connectivity index (χ1n) is 3.01. The van der Waals surface area contributed by atoms with Gasteiger partial charge in [-0.1, -0.05) is 23.2 Å². The molecular formula is C7H2Cl2F2O2. The first-order chi connectivity index (χ1) is 5.95. The molecule has 0 spiro atoms. The first-order valence-corrected chi connectivity index (χ1v) is 3.77. The normalized spacial score (nSPS) is 10.2. The third-order valence-electron chi connectivity index (χ3n) is 1.33. The molecule has 6 heteroatoms. The van der Waals surface area contributed by atoms with Gasteiger partial charge in [0.1, 0.15) is 17.2 Å². The maximum absolute atomic E-state index is 12.8. The highest BCUT2D eigenvalue weighted by Gasteiger charge is 2.20. The van der Waals surface area contributed by atoms with Crippen molar-refractivity contribution in [2.45, 2.75) is 0 Å². The van der Waals surface area contributed by atoms with Crippen LogP contribution in [0.2, 0.25) is 10.0 Å². The number of benzene rings is 1. The highest BCUT2D eigenvalue weighted by atomic mass is 35.5. The van der Waals surface area contributed by atoms with E-state index in [2.05, 4.69) is 0 Å². The number of aromatic carboxylic acids is 1. The molecule has 13 heavy (non-hydrogen) atoms. The molecular weight excluding hydrogens is 225 g/mol. The van der Waals surface area contributed by atoms with E-state index >= 15 is 0 Å². The van der Waals surface area contributed by atoms with Gasteiger partial charge < -0.3 is 5.11 Å². The van der Waals surface area contributed by atoms with Gasteiger partial charge >= 0.3 is 5.97 Å². The van der Waals surface area contributed by atoms with Gasteiger partial charge in [0, 0.05) is 6.07 Å². The third-order valence-corrected chi connectivity index (χ3v) is 2.17. The molecule has 0 bridgehead atoms. The second-order valence-electron chi connectivity index (χ2n) is 2.15. The zero-order chi connectivity index (χ0) is 10.2. The van der Waals surface area contributed by atoms with E-state index in [-0.39, 0.29) is 0 Å². The molecule has 0 radical (unpaired) electrons. The summed E-state index contributed by atoms with van der Waals surface area (Å²) in [5.41, 5.74) is -0.826. The van der Waals surface area contributed by atoms with Crippen molar-refractivity contribution in [1.82, 2.24) is 0 Å². The number of halogens is 4. The summed E-state index contributed by atoms with van der Waals surface area (Å²) in [4.78, 5) is 10.4. The summed E-state index contributed by atoms with van der Waals surface area (Å²) in [5.74, 6) is -3.93. The second-order valence-corrected chi connectivity index (χ2v) is 2.90. The number of hydrogen-bond acceptors (Lipinski definition) is 1. The molecule has 0 amide bonds. The molecule has 1 aromatic carbocycles. The summed E-state index contributed by atoms with van der Waals surface area (Å²) in [7, 11) is 0. The van der Waals surface area contributed by atoms with Gasteiger partial charge in [-0.3, -0.25) is 0 Å². The largest absolute Gasteiger partial charge is 0.478 e. The predicted molar refractivity (Wildman–Crippen MR) is 43.3 cm³/mol. The number of hydrogen-bond donors (Lipinski definition) is 1. The minimum atomic E-state index is -1.59. The molecule has 0 saturated carbocycles. The zero-order valence-electron chi connectivity index (χ0n) is 5.94. The van der Waals surface area contributed by atoms with Crippen LogP contribution in [0.5, 0.6) is 0 Å². The maximum Gasteiger partial charge on any atom is 0.340 e. The molecule has 0 aliphatic rings. The Bertz CT molecular complexity index is 379. The van der Waals surface area contributed by atoms with Crippen LogP contribution >= 0.6 is 23.2 Å². The molecule has 0 aliphatic heterocycles. The maximum atomic E-state index is 12.8. The lowest BCUT2D eigenvalue weighted by Crippen LogP contribution is -2.03. The van der Waals surface area contributed by atoms with E-state index in [1.165, 1.54) is 0 Å². The average Bonchev–Trinajstić information content (AvgIpc) is 1.99. The average molecular weight is 227 g/mol. The van der Waals surface area contributed by atoms with Crippen molar-refractivity contribution in [3.63, 3.8) is 0 Å². The van der Waals surface area contributed by atoms with Gasteiger partial charge in [-0.05, 0) is 0 Å². The Labute approximate surface area is 81.7 Å². The summed E-state index contributed by atoms with van der Waals surface area (Å²) >= 11 is 10.6. The van der Waals surface area contributed by atoms with Crippen LogP contribution in [0, 0.1) is 11.6 Å². The fourth-order valence-corrected chi connectivity index (χ4v) is 1.17. The first kappa shape index (κ1) is 10.2. The molecule has 0 aliphatic carbocycles. The van der Waals surface area contributed by atoms with Crippen molar-refractivity contribution in [3.05, 3.63) is 33.3 Å². The van der Waals surface area contributed by atoms with Gasteiger partial charge in [0.15, 0.2) is 0 Å². The Kier molecular flexibility index (Phi) is 2.73. The van der Waals surface area contributed by atoms with Crippen molar-refractivity contribution in [1.29, 1.82) is 0 Å². The minimum Gasteiger partial charge on any atom is -0.478 e. The smallest absolute Gasteiger partial charge is 0.340 e. The van der Waals surface area contributed by atoms with Crippen molar-refractivity contribution >= 4 is 29.2 Å². The number of carbonyl (C=O) groups is 1. The van der Waals surface area contributed by atoms with Gasteiger partial charge in [-0.25, -0.2) is 13.6 Å². The number of carboxylic acids is 1. The Morgan fingerprint density at radius 3 is 2.23 bits per heavy atom. The summed E-state index contributed by atoms with van der Waals surface area (Å²) in [6.45, 7) is 0. The minimum absolute atomic E-state index is 0.373. The second kappa shape index (κ2) is 3.47. The molecule has 70 valence electrons. The van der Waals surface area contributed by atoms with Crippen LogP contribution < -0.4 is 0 Å². The molecule has 1 rings (SSSR count). The number of carboxylic acid groups (broad SMARTS) is 1. The van der Waals surface area contributed by atoms with E-state index in [0.717, 1.165) is 0 Å². The predicted octanol–water partition coefficient (Wildman–Crippen LogP) is 2.97. The summed E-state index contributed by atoms with van der Waals surface area (Å²) < 4.78 is 25.4. The summed E-state index contributed by atoms with van der Waals surface area (Å²) in [6, 6.07) is 0.373. The topological polar surface area (TPSA) is 37.3 Å². The lowest BCUT2D eigenvalue weighted by Gasteiger charge is -2.03. The summed E-state index contributed by atoms with van der Waals surface area (Å²) in [6.07, 6.45) is 0. The molecule has 1 aromatic rings. The van der Waals surface area contributed by atoms with Crippen LogP contribution in [0.15, 0.2) is 6.07 Å². The lowest BCUT2D eigenvalue weighted by molar-refractivity contribution is 0.0692. The Morgan fingerprint density at radius 1 is 1.23 bits per heavy atom. The molecule has 0 atom stereocenters. The van der Waals surface area contributed by atoms with Gasteiger partial charge in [0.25, 0.3) is 0 Å². The van der Waals surface area contributed by atoms with Crippen LogP contribution in [0.4, 0.5) is 8.78 Å². The lowest BCUT2D eigenvalue weighted by atomic mass is 10.2. The molecule has 2 nitrogen and oxygen atoms in total. The fourth-order valence-electron chi connectivity index (χ4n) is 0.762. The SMILES string of the molecule is O=C(O)c1c(F)cc(F)c(Cl)c1Cl. The van der Waals surface area contributed by atoms with Crippen LogP contribution in [-0.4, -0.2) is 11.1 Å². The summed E-state index contributed by atoms with van der Waals surface area (Å²) in [5, 5.41) is 7.23. The zero-order valence-corrected chi connectivity index (χ0v) is 7.46. The van der Waals surface area contributed by atoms with E-state index in [1.54, 1.807) is 0 Å². The highest BCUT2D eigenvalue weighted by molar-refractivity contribution is 6.43. The fraction of sp³-hybridized carbons (Fsp3) is 0. The van der Waals surface area contributed by atoms with Gasteiger partial charge in [0.2, 0.25) is 0 Å². The standard InChI is InChI=1S/C7H2Cl2F2O2/c8-5-3(11)1-2(10)4(6(5)9)7(12)13/h1H,(H,12,13). The van der Waals surface area contributed by atoms with Crippen LogP contribution in [-0.2, 0) is 0 Å². The Morgan fingerprint density at radius 2 is 1.77 bits per heavy atom. The Balaban J connectivity index is 3.53. The van der Waals surface area contributed by atoms with Crippen molar-refractivity contribution in [3.8, 4) is 0 Å². The monoisotopic (exact) mass is 226 g/mol. The van der Waals surface area contributed by atoms with Crippen molar-refractivity contribution in [2.24, 2.45) is 0 Å². The molecule has 0 aromatic heterocycles. The van der Waals surface area contributed by atoms with Gasteiger partial charge in [0.05, 0.1) is 10.0 Å². The van der Waals surface area contributed by atoms with Crippen LogP contribution in [0.1, 0.15) is 10.4 Å². The van der Waals surface area contributed by atoms with Gasteiger partial charge in [-0.2, -0.15) is 0 Å². The molecule has 0 unspecified atom stereocenters. The molecule has 0 fully saturated rings. The Hall–Kier alpha value is -0.870. The number of rotatable bonds is 1. The molecule has 1 N–H and O–H groups in total. The van der Waals surface area contributed by atoms with E-state index in [0.29, 0.717) is 6.07 Å². The third kappa shape index (κ3) is 1.73. The van der Waals surface area contributed by atoms with E-state index in [4.69, 9.17) is 28.3 Å².